The summed E-state index contributed by atoms with van der Waals surface area (Å²) in [7, 11) is 5.26. The molecule has 2 amide bonds. The lowest BCUT2D eigenvalue weighted by molar-refractivity contribution is -0.130. The number of aryl methyl sites for hydroxylation is 1. The molecule has 2 N–H and O–H groups in total. The fourth-order valence-electron chi connectivity index (χ4n) is 6.58. The second kappa shape index (κ2) is 10.1. The van der Waals surface area contributed by atoms with Crippen LogP contribution in [0, 0.1) is 18.8 Å². The van der Waals surface area contributed by atoms with Gasteiger partial charge in [-0.05, 0) is 69.2 Å². The van der Waals surface area contributed by atoms with Crippen molar-refractivity contribution in [3.63, 3.8) is 0 Å². The zero-order valence-corrected chi connectivity index (χ0v) is 24.8. The highest BCUT2D eigenvalue weighted by molar-refractivity contribution is 5.96. The predicted octanol–water partition coefficient (Wildman–Crippen LogP) is 3.83. The van der Waals surface area contributed by atoms with Crippen LogP contribution in [0.5, 0.6) is 5.88 Å². The van der Waals surface area contributed by atoms with E-state index in [1.807, 2.05) is 42.5 Å². The SMILES string of the molecule is COc1cc(C(=O)N2CCC[C@@H](N)C2)cc2nc(-c3cc4ccc(C5CC5C(=O)N(C)C)nc4n3CC3CC3)c(C)n12. The van der Waals surface area contributed by atoms with Gasteiger partial charge in [-0.1, -0.05) is 0 Å². The number of nitrogens with zero attached hydrogens (tertiary/aromatic N) is 6. The van der Waals surface area contributed by atoms with Gasteiger partial charge in [0.1, 0.15) is 17.0 Å². The molecule has 1 saturated heterocycles. The van der Waals surface area contributed by atoms with Crippen LogP contribution >= 0.6 is 0 Å². The third-order valence-corrected chi connectivity index (χ3v) is 9.19. The minimum atomic E-state index is -0.0427. The Morgan fingerprint density at radius 1 is 1.12 bits per heavy atom. The van der Waals surface area contributed by atoms with Crippen molar-refractivity contribution in [1.29, 1.82) is 0 Å². The number of ether oxygens (including phenoxy) is 1. The molecule has 2 saturated carbocycles. The van der Waals surface area contributed by atoms with Crippen LogP contribution < -0.4 is 10.5 Å². The molecule has 42 heavy (non-hydrogen) atoms. The van der Waals surface area contributed by atoms with E-state index in [9.17, 15) is 9.59 Å². The number of carbonyl (C=O) groups is 2. The molecular weight excluding hydrogens is 530 g/mol. The van der Waals surface area contributed by atoms with Gasteiger partial charge < -0.3 is 24.8 Å². The summed E-state index contributed by atoms with van der Waals surface area (Å²) in [5.74, 6) is 1.51. The highest BCUT2D eigenvalue weighted by Gasteiger charge is 2.45. The quantitative estimate of drug-likeness (QED) is 0.362. The Bertz CT molecular complexity index is 1720. The number of hydrogen-bond donors (Lipinski definition) is 1. The molecule has 2 aliphatic carbocycles. The molecular formula is C32H39N7O3. The van der Waals surface area contributed by atoms with Crippen molar-refractivity contribution < 1.29 is 14.3 Å². The third kappa shape index (κ3) is 4.62. The van der Waals surface area contributed by atoms with Crippen LogP contribution in [-0.4, -0.2) is 80.9 Å². The number of nitrogens with two attached hydrogens (primary N) is 1. The first-order chi connectivity index (χ1) is 20.2. The van der Waals surface area contributed by atoms with Crippen molar-refractivity contribution in [2.45, 2.75) is 57.5 Å². The average Bonchev–Trinajstić information content (AvgIpc) is 3.91. The average molecular weight is 570 g/mol. The van der Waals surface area contributed by atoms with E-state index < -0.39 is 0 Å². The van der Waals surface area contributed by atoms with Gasteiger partial charge in [-0.25, -0.2) is 9.97 Å². The van der Waals surface area contributed by atoms with E-state index in [0.29, 0.717) is 36.1 Å². The Balaban J connectivity index is 1.30. The fourth-order valence-corrected chi connectivity index (χ4v) is 6.58. The molecule has 4 aromatic rings. The molecule has 0 bridgehead atoms. The van der Waals surface area contributed by atoms with Gasteiger partial charge in [0.2, 0.25) is 5.91 Å². The highest BCUT2D eigenvalue weighted by atomic mass is 16.5. The molecule has 3 aliphatic rings. The fraction of sp³-hybridized carbons (Fsp3) is 0.500. The largest absolute Gasteiger partial charge is 0.482 e. The van der Waals surface area contributed by atoms with E-state index >= 15 is 0 Å². The van der Waals surface area contributed by atoms with Gasteiger partial charge in [0, 0.05) is 74.3 Å². The topological polar surface area (TPSA) is 111 Å². The summed E-state index contributed by atoms with van der Waals surface area (Å²) in [4.78, 5) is 39.8. The number of imidazole rings is 1. The molecule has 3 fully saturated rings. The Morgan fingerprint density at radius 3 is 2.64 bits per heavy atom. The summed E-state index contributed by atoms with van der Waals surface area (Å²) in [5, 5.41) is 1.06. The molecule has 10 nitrogen and oxygen atoms in total. The molecule has 0 spiro atoms. The first-order valence-electron chi connectivity index (χ1n) is 15.1. The molecule has 0 aromatic carbocycles. The van der Waals surface area contributed by atoms with Crippen molar-refractivity contribution in [1.82, 2.24) is 28.7 Å². The summed E-state index contributed by atoms with van der Waals surface area (Å²) >= 11 is 0. The van der Waals surface area contributed by atoms with Crippen LogP contribution in [0.15, 0.2) is 30.3 Å². The lowest BCUT2D eigenvalue weighted by Gasteiger charge is -2.30. The molecule has 7 rings (SSSR count). The van der Waals surface area contributed by atoms with Crippen LogP contribution in [0.1, 0.15) is 59.8 Å². The summed E-state index contributed by atoms with van der Waals surface area (Å²) < 4.78 is 10.1. The van der Waals surface area contributed by atoms with Crippen LogP contribution in [0.25, 0.3) is 28.1 Å². The Kier molecular flexibility index (Phi) is 6.49. The van der Waals surface area contributed by atoms with E-state index in [0.717, 1.165) is 59.6 Å². The minimum Gasteiger partial charge on any atom is -0.482 e. The lowest BCUT2D eigenvalue weighted by atomic mass is 10.1. The number of hydrogen-bond acceptors (Lipinski definition) is 6. The molecule has 1 aliphatic heterocycles. The number of amides is 2. The first-order valence-corrected chi connectivity index (χ1v) is 15.1. The third-order valence-electron chi connectivity index (χ3n) is 9.19. The minimum absolute atomic E-state index is 0.00961. The van der Waals surface area contributed by atoms with Crippen LogP contribution in [0.2, 0.25) is 0 Å². The van der Waals surface area contributed by atoms with E-state index in [-0.39, 0.29) is 29.7 Å². The van der Waals surface area contributed by atoms with Crippen molar-refractivity contribution in [3.05, 3.63) is 47.3 Å². The van der Waals surface area contributed by atoms with Crippen molar-refractivity contribution >= 4 is 28.5 Å². The summed E-state index contributed by atoms with van der Waals surface area (Å²) in [6.07, 6.45) is 5.12. The molecule has 2 unspecified atom stereocenters. The first kappa shape index (κ1) is 26.9. The monoisotopic (exact) mass is 569 g/mol. The van der Waals surface area contributed by atoms with Gasteiger partial charge in [0.25, 0.3) is 5.91 Å². The Hall–Kier alpha value is -3.92. The smallest absolute Gasteiger partial charge is 0.254 e. The maximum atomic E-state index is 13.5. The van der Waals surface area contributed by atoms with Gasteiger partial charge >= 0.3 is 0 Å². The lowest BCUT2D eigenvalue weighted by Crippen LogP contribution is -2.45. The van der Waals surface area contributed by atoms with Gasteiger partial charge in [-0.3, -0.25) is 14.0 Å². The van der Waals surface area contributed by atoms with Crippen molar-refractivity contribution in [2.75, 3.05) is 34.3 Å². The van der Waals surface area contributed by atoms with E-state index in [1.54, 1.807) is 12.0 Å². The second-order valence-corrected chi connectivity index (χ2v) is 12.6. The molecule has 220 valence electrons. The number of likely N-dealkylation sites (tertiary alicyclic amines) is 1. The Morgan fingerprint density at radius 2 is 1.93 bits per heavy atom. The Labute approximate surface area is 245 Å². The van der Waals surface area contributed by atoms with Crippen LogP contribution in [0.3, 0.4) is 0 Å². The number of methoxy groups -OCH3 is 1. The predicted molar refractivity (Wildman–Crippen MR) is 161 cm³/mol. The zero-order valence-electron chi connectivity index (χ0n) is 24.8. The van der Waals surface area contributed by atoms with Gasteiger partial charge in [0.05, 0.1) is 18.5 Å². The van der Waals surface area contributed by atoms with Gasteiger partial charge in [0.15, 0.2) is 5.88 Å². The van der Waals surface area contributed by atoms with Gasteiger partial charge in [-0.15, -0.1) is 0 Å². The van der Waals surface area contributed by atoms with Crippen molar-refractivity contribution in [3.8, 4) is 17.3 Å². The maximum Gasteiger partial charge on any atom is 0.254 e. The maximum absolute atomic E-state index is 13.5. The van der Waals surface area contributed by atoms with Crippen molar-refractivity contribution in [2.24, 2.45) is 17.6 Å². The molecule has 3 atom stereocenters. The summed E-state index contributed by atoms with van der Waals surface area (Å²) in [6.45, 7) is 4.19. The molecule has 5 heterocycles. The number of rotatable bonds is 7. The zero-order chi connectivity index (χ0) is 29.3. The number of carbonyl (C=O) groups excluding carboxylic acids is 2. The van der Waals surface area contributed by atoms with E-state index in [4.69, 9.17) is 20.4 Å². The molecule has 4 aromatic heterocycles. The molecule has 10 heteroatoms. The number of aromatic nitrogens is 4. The number of piperidine rings is 1. The summed E-state index contributed by atoms with van der Waals surface area (Å²) in [5.41, 5.74) is 12.1. The normalized spacial score (nSPS) is 22.1. The number of fused-ring (bicyclic) bond motifs is 2. The summed E-state index contributed by atoms with van der Waals surface area (Å²) in [6, 6.07) is 10.1. The van der Waals surface area contributed by atoms with E-state index in [2.05, 4.69) is 22.8 Å². The number of pyridine rings is 2. The van der Waals surface area contributed by atoms with Crippen LogP contribution in [-0.2, 0) is 11.3 Å². The highest BCUT2D eigenvalue weighted by Crippen LogP contribution is 2.48. The standard InChI is InChI=1S/C32H39N7O3/c1-18-29(35-27-13-21(14-28(42-4)39(18)27)31(40)37-11-5-6-22(33)17-37)26-12-20-9-10-25(23-15-24(23)32(41)36(2)3)34-30(20)38(26)16-19-7-8-19/h9-10,12-14,19,22-24H,5-8,11,15-17,33H2,1-4H3/t22-,23?,24?/m1/s1. The second-order valence-electron chi connectivity index (χ2n) is 12.6. The van der Waals surface area contributed by atoms with Crippen LogP contribution in [0.4, 0.5) is 0 Å². The van der Waals surface area contributed by atoms with E-state index in [1.165, 1.54) is 12.8 Å². The van der Waals surface area contributed by atoms with Gasteiger partial charge in [-0.2, -0.15) is 0 Å². The molecule has 0 radical (unpaired) electrons.